The summed E-state index contributed by atoms with van der Waals surface area (Å²) in [7, 11) is 0. The van der Waals surface area contributed by atoms with Crippen LogP contribution in [0.1, 0.15) is 20.8 Å². The van der Waals surface area contributed by atoms with Gasteiger partial charge in [-0.15, -0.1) is 0 Å². The fourth-order valence-electron chi connectivity index (χ4n) is 3.21. The highest BCUT2D eigenvalue weighted by Gasteiger charge is 2.54. The van der Waals surface area contributed by atoms with E-state index in [0.717, 1.165) is 4.47 Å². The zero-order chi connectivity index (χ0) is 19.1. The number of nitrogens with two attached hydrogens (primary N) is 1. The molecule has 0 aliphatic carbocycles. The number of hydrogen-bond acceptors (Lipinski definition) is 6. The van der Waals surface area contributed by atoms with Gasteiger partial charge >= 0.3 is 0 Å². The van der Waals surface area contributed by atoms with Crippen molar-refractivity contribution in [2.45, 2.75) is 50.9 Å². The summed E-state index contributed by atoms with van der Waals surface area (Å²) in [4.78, 5) is 24.2. The predicted octanol–water partition coefficient (Wildman–Crippen LogP) is 1.39. The molecule has 2 aliphatic rings. The minimum Gasteiger partial charge on any atom is -0.397 e. The van der Waals surface area contributed by atoms with Gasteiger partial charge in [-0.2, -0.15) is 0 Å². The monoisotopic (exact) mass is 427 g/mol. The molecule has 2 amide bonds. The van der Waals surface area contributed by atoms with E-state index in [4.69, 9.17) is 19.9 Å². The Hall–Kier alpha value is -1.68. The summed E-state index contributed by atoms with van der Waals surface area (Å²) in [6.07, 6.45) is -2.02. The lowest BCUT2D eigenvalue weighted by Crippen LogP contribution is -2.60. The topological polar surface area (TPSA) is 112 Å². The van der Waals surface area contributed by atoms with Crippen LogP contribution in [0.15, 0.2) is 22.7 Å². The molecule has 1 aromatic carbocycles. The third kappa shape index (κ3) is 4.01. The van der Waals surface area contributed by atoms with Crippen molar-refractivity contribution in [2.24, 2.45) is 0 Å². The van der Waals surface area contributed by atoms with Crippen molar-refractivity contribution in [3.05, 3.63) is 22.7 Å². The normalized spacial score (nSPS) is 29.7. The molecule has 1 aromatic rings. The Morgan fingerprint density at radius 3 is 2.65 bits per heavy atom. The molecule has 2 heterocycles. The lowest BCUT2D eigenvalue weighted by atomic mass is 9.97. The van der Waals surface area contributed by atoms with E-state index in [1.54, 1.807) is 32.0 Å². The Labute approximate surface area is 159 Å². The van der Waals surface area contributed by atoms with Crippen LogP contribution >= 0.6 is 15.9 Å². The summed E-state index contributed by atoms with van der Waals surface area (Å²) < 4.78 is 18.3. The SMILES string of the molecule is CC(=O)N[C@H]1CO[C@H](C(=O)Nc2cc(Br)ccc2N)[C@@H]2OC(C)(C)O[C@@H]21. The molecular formula is C17H22BrN3O5. The number of ether oxygens (including phenoxy) is 3. The van der Waals surface area contributed by atoms with Gasteiger partial charge in [-0.1, -0.05) is 15.9 Å². The Bertz CT molecular complexity index is 726. The van der Waals surface area contributed by atoms with E-state index >= 15 is 0 Å². The number of hydrogen-bond donors (Lipinski definition) is 3. The maximum atomic E-state index is 12.8. The molecule has 142 valence electrons. The molecule has 0 aromatic heterocycles. The molecule has 2 saturated heterocycles. The number of anilines is 2. The van der Waals surface area contributed by atoms with Gasteiger partial charge in [-0.05, 0) is 32.0 Å². The van der Waals surface area contributed by atoms with E-state index in [2.05, 4.69) is 26.6 Å². The van der Waals surface area contributed by atoms with E-state index < -0.39 is 24.1 Å². The lowest BCUT2D eigenvalue weighted by molar-refractivity contribution is -0.160. The van der Waals surface area contributed by atoms with E-state index in [-0.39, 0.29) is 24.5 Å². The van der Waals surface area contributed by atoms with E-state index in [0.29, 0.717) is 11.4 Å². The van der Waals surface area contributed by atoms with Crippen molar-refractivity contribution in [1.82, 2.24) is 5.32 Å². The zero-order valence-electron chi connectivity index (χ0n) is 14.7. The highest BCUT2D eigenvalue weighted by atomic mass is 79.9. The molecule has 2 aliphatic heterocycles. The van der Waals surface area contributed by atoms with Crippen LogP contribution in [0.25, 0.3) is 0 Å². The summed E-state index contributed by atoms with van der Waals surface area (Å²) >= 11 is 3.35. The van der Waals surface area contributed by atoms with Crippen molar-refractivity contribution < 1.29 is 23.8 Å². The number of nitrogen functional groups attached to an aromatic ring is 1. The maximum absolute atomic E-state index is 12.8. The van der Waals surface area contributed by atoms with Gasteiger partial charge in [0, 0.05) is 11.4 Å². The number of fused-ring (bicyclic) bond motifs is 1. The average Bonchev–Trinajstić information content (AvgIpc) is 2.86. The summed E-state index contributed by atoms with van der Waals surface area (Å²) in [6.45, 7) is 5.09. The van der Waals surface area contributed by atoms with Crippen molar-refractivity contribution in [1.29, 1.82) is 0 Å². The maximum Gasteiger partial charge on any atom is 0.256 e. The van der Waals surface area contributed by atoms with Gasteiger partial charge in [0.15, 0.2) is 11.9 Å². The third-order valence-electron chi connectivity index (χ3n) is 4.23. The van der Waals surface area contributed by atoms with Crippen LogP contribution in [0.3, 0.4) is 0 Å². The molecule has 4 atom stereocenters. The van der Waals surface area contributed by atoms with Crippen LogP contribution in [0.5, 0.6) is 0 Å². The van der Waals surface area contributed by atoms with Crippen LogP contribution in [-0.4, -0.2) is 48.6 Å². The first kappa shape index (κ1) is 19.1. The second-order valence-corrected chi connectivity index (χ2v) is 7.76. The quantitative estimate of drug-likeness (QED) is 0.628. The number of nitrogens with one attached hydrogen (secondary N) is 2. The van der Waals surface area contributed by atoms with Crippen LogP contribution in [-0.2, 0) is 23.8 Å². The van der Waals surface area contributed by atoms with Gasteiger partial charge in [-0.25, -0.2) is 0 Å². The number of amides is 2. The first-order valence-corrected chi connectivity index (χ1v) is 9.06. The fourth-order valence-corrected chi connectivity index (χ4v) is 3.57. The highest BCUT2D eigenvalue weighted by Crippen LogP contribution is 2.36. The van der Waals surface area contributed by atoms with Crippen molar-refractivity contribution >= 4 is 39.1 Å². The van der Waals surface area contributed by atoms with E-state index in [9.17, 15) is 9.59 Å². The lowest BCUT2D eigenvalue weighted by Gasteiger charge is -2.36. The average molecular weight is 428 g/mol. The van der Waals surface area contributed by atoms with Gasteiger partial charge in [0.1, 0.15) is 12.2 Å². The Balaban J connectivity index is 1.78. The van der Waals surface area contributed by atoms with Crippen LogP contribution < -0.4 is 16.4 Å². The van der Waals surface area contributed by atoms with E-state index in [1.807, 2.05) is 0 Å². The first-order chi connectivity index (χ1) is 12.2. The molecule has 4 N–H and O–H groups in total. The van der Waals surface area contributed by atoms with Crippen molar-refractivity contribution in [2.75, 3.05) is 17.7 Å². The zero-order valence-corrected chi connectivity index (χ0v) is 16.3. The molecule has 26 heavy (non-hydrogen) atoms. The molecule has 0 bridgehead atoms. The molecule has 0 unspecified atom stereocenters. The van der Waals surface area contributed by atoms with Gasteiger partial charge in [0.2, 0.25) is 5.91 Å². The van der Waals surface area contributed by atoms with Gasteiger partial charge in [0.05, 0.1) is 24.0 Å². The summed E-state index contributed by atoms with van der Waals surface area (Å²) in [6, 6.07) is 4.80. The third-order valence-corrected chi connectivity index (χ3v) is 4.73. The number of benzene rings is 1. The molecule has 8 nitrogen and oxygen atoms in total. The fraction of sp³-hybridized carbons (Fsp3) is 0.529. The Morgan fingerprint density at radius 2 is 1.96 bits per heavy atom. The molecule has 3 rings (SSSR count). The van der Waals surface area contributed by atoms with E-state index in [1.165, 1.54) is 6.92 Å². The second-order valence-electron chi connectivity index (χ2n) is 6.85. The molecule has 9 heteroatoms. The molecule has 0 radical (unpaired) electrons. The largest absolute Gasteiger partial charge is 0.397 e. The molecule has 2 fully saturated rings. The molecular weight excluding hydrogens is 406 g/mol. The standard InChI is InChI=1S/C17H22BrN3O5/c1-8(22)20-12-7-24-15(14-13(12)25-17(2,3)26-14)16(23)21-11-6-9(18)4-5-10(11)19/h4-6,12-15H,7,19H2,1-3H3,(H,20,22)(H,21,23)/t12-,13+,14+,15-/m0/s1. The Morgan fingerprint density at radius 1 is 1.27 bits per heavy atom. The predicted molar refractivity (Wildman–Crippen MR) is 98.4 cm³/mol. The van der Waals surface area contributed by atoms with Crippen molar-refractivity contribution in [3.63, 3.8) is 0 Å². The Kier molecular flexibility index (Phi) is 5.25. The van der Waals surface area contributed by atoms with Crippen molar-refractivity contribution in [3.8, 4) is 0 Å². The number of halogens is 1. The van der Waals surface area contributed by atoms with Crippen LogP contribution in [0.2, 0.25) is 0 Å². The van der Waals surface area contributed by atoms with Gasteiger partial charge < -0.3 is 30.6 Å². The summed E-state index contributed by atoms with van der Waals surface area (Å²) in [5, 5.41) is 5.56. The molecule has 0 spiro atoms. The number of carbonyl (C=O) groups is 2. The smallest absolute Gasteiger partial charge is 0.256 e. The number of rotatable bonds is 3. The summed E-state index contributed by atoms with van der Waals surface area (Å²) in [5.41, 5.74) is 6.83. The number of carbonyl (C=O) groups excluding carboxylic acids is 2. The van der Waals surface area contributed by atoms with Gasteiger partial charge in [-0.3, -0.25) is 9.59 Å². The minimum absolute atomic E-state index is 0.145. The van der Waals surface area contributed by atoms with Crippen LogP contribution in [0, 0.1) is 0 Å². The first-order valence-electron chi connectivity index (χ1n) is 8.26. The minimum atomic E-state index is -0.884. The second kappa shape index (κ2) is 7.15. The van der Waals surface area contributed by atoms with Crippen LogP contribution in [0.4, 0.5) is 11.4 Å². The highest BCUT2D eigenvalue weighted by molar-refractivity contribution is 9.10. The summed E-state index contributed by atoms with van der Waals surface area (Å²) in [5.74, 6) is -1.46. The molecule has 0 saturated carbocycles. The van der Waals surface area contributed by atoms with Gasteiger partial charge in [0.25, 0.3) is 5.91 Å².